The molecule has 9 heteroatoms. The fourth-order valence-electron chi connectivity index (χ4n) is 8.17. The number of nitrogen functional groups attached to an aromatic ring is 1. The summed E-state index contributed by atoms with van der Waals surface area (Å²) in [7, 11) is -4.23. The smallest absolute Gasteiger partial charge is 0.240 e. The van der Waals surface area contributed by atoms with Gasteiger partial charge in [0, 0.05) is 12.0 Å². The molecule has 0 saturated heterocycles. The molecule has 268 valence electrons. The van der Waals surface area contributed by atoms with E-state index >= 15 is 0 Å². The normalized spacial score (nSPS) is 19.1. The van der Waals surface area contributed by atoms with Crippen molar-refractivity contribution in [3.63, 3.8) is 0 Å². The lowest BCUT2D eigenvalue weighted by atomic mass is 9.57. The number of fused-ring (bicyclic) bond motifs is 1. The van der Waals surface area contributed by atoms with E-state index in [0.717, 1.165) is 12.1 Å². The minimum Gasteiger partial charge on any atom is -0.407 e. The van der Waals surface area contributed by atoms with Crippen molar-refractivity contribution in [2.45, 2.75) is 66.2 Å². The second-order valence-corrected chi connectivity index (χ2v) is 21.1. The van der Waals surface area contributed by atoms with Gasteiger partial charge in [-0.15, -0.1) is 0 Å². The lowest BCUT2D eigenvalue weighted by molar-refractivity contribution is -0.127. The third-order valence-corrected chi connectivity index (χ3v) is 15.7. The number of nitrogens with zero attached hydrogens (tertiary/aromatic N) is 4. The van der Waals surface area contributed by atoms with Crippen LogP contribution in [0.25, 0.3) is 11.2 Å². The van der Waals surface area contributed by atoms with Crippen LogP contribution in [0, 0.1) is 22.7 Å². The van der Waals surface area contributed by atoms with E-state index in [2.05, 4.69) is 172 Å². The first kappa shape index (κ1) is 36.0. The summed E-state index contributed by atoms with van der Waals surface area (Å²) in [4.78, 5) is 13.7. The number of rotatable bonds is 11. The third kappa shape index (κ3) is 7.41. The SMILES string of the molecule is CC(C)(C)C(O[SiH](c1ccccc1)c1ccccc1)[C@H]1[C@@H](C(O[SiH](c2ccccc2)c2ccccc2)C(C)(C)C)C[C@H]1n1cnc2c(N)ncnc21. The fraction of sp³-hybridized carbons (Fsp3) is 0.326. The minimum absolute atomic E-state index is 0.0395. The summed E-state index contributed by atoms with van der Waals surface area (Å²) < 4.78 is 17.6. The Labute approximate surface area is 311 Å². The van der Waals surface area contributed by atoms with E-state index in [-0.39, 0.29) is 40.9 Å². The van der Waals surface area contributed by atoms with Crippen molar-refractivity contribution < 1.29 is 8.85 Å². The maximum absolute atomic E-state index is 7.73. The zero-order valence-corrected chi connectivity index (χ0v) is 33.4. The third-order valence-electron chi connectivity index (χ3n) is 10.6. The summed E-state index contributed by atoms with van der Waals surface area (Å²) in [5.74, 6) is 0.701. The Morgan fingerprint density at radius 3 is 1.46 bits per heavy atom. The van der Waals surface area contributed by atoms with Gasteiger partial charge >= 0.3 is 0 Å². The van der Waals surface area contributed by atoms with E-state index in [9.17, 15) is 0 Å². The van der Waals surface area contributed by atoms with Gasteiger partial charge in [0.15, 0.2) is 11.5 Å². The Bertz CT molecular complexity index is 1970. The van der Waals surface area contributed by atoms with E-state index in [1.165, 1.54) is 20.7 Å². The summed E-state index contributed by atoms with van der Waals surface area (Å²) >= 11 is 0. The van der Waals surface area contributed by atoms with Gasteiger partial charge in [-0.1, -0.05) is 163 Å². The molecular weight excluding hydrogens is 675 g/mol. The summed E-state index contributed by atoms with van der Waals surface area (Å²) in [5, 5.41) is 5.11. The monoisotopic (exact) mass is 725 g/mol. The molecule has 0 amide bonds. The van der Waals surface area contributed by atoms with Crippen molar-refractivity contribution in [3.8, 4) is 0 Å². The maximum atomic E-state index is 7.73. The van der Waals surface area contributed by atoms with Crippen molar-refractivity contribution in [1.82, 2.24) is 19.5 Å². The Morgan fingerprint density at radius 1 is 0.615 bits per heavy atom. The largest absolute Gasteiger partial charge is 0.407 e. The molecule has 0 radical (unpaired) electrons. The highest BCUT2D eigenvalue weighted by Gasteiger charge is 2.56. The van der Waals surface area contributed by atoms with Gasteiger partial charge < -0.3 is 19.2 Å². The molecule has 0 spiro atoms. The van der Waals surface area contributed by atoms with Crippen molar-refractivity contribution in [2.75, 3.05) is 5.73 Å². The average Bonchev–Trinajstić information content (AvgIpc) is 3.56. The van der Waals surface area contributed by atoms with Crippen LogP contribution >= 0.6 is 0 Å². The Morgan fingerprint density at radius 2 is 1.04 bits per heavy atom. The Balaban J connectivity index is 1.35. The number of imidazole rings is 1. The van der Waals surface area contributed by atoms with Crippen LogP contribution < -0.4 is 26.5 Å². The summed E-state index contributed by atoms with van der Waals surface area (Å²) in [6, 6.07) is 43.4. The number of hydrogen-bond donors (Lipinski definition) is 1. The standard InChI is InChI=1S/C43H51N5O2Si2/c1-42(2,3)38(49-51(30-19-11-7-12-20-30)31-21-13-8-14-22-31)34-27-35(48-29-47-37-40(44)45-28-46-41(37)48)36(34)39(43(4,5)6)50-52(32-23-15-9-16-24-32)33-25-17-10-18-26-33/h7-26,28-29,34-36,38-39,51-52H,27H2,1-6H3,(H2,44,45,46)/t34-,35+,36-,38?,39?/m0/s1. The second kappa shape index (κ2) is 14.9. The molecule has 1 aliphatic carbocycles. The summed E-state index contributed by atoms with van der Waals surface area (Å²) in [6.07, 6.45) is 4.22. The highest BCUT2D eigenvalue weighted by molar-refractivity contribution is 6.80. The van der Waals surface area contributed by atoms with Crippen LogP contribution in [-0.2, 0) is 8.85 Å². The molecule has 7 rings (SSSR count). The molecule has 2 unspecified atom stereocenters. The van der Waals surface area contributed by atoms with Crippen LogP contribution in [0.2, 0.25) is 0 Å². The van der Waals surface area contributed by atoms with Gasteiger partial charge in [-0.2, -0.15) is 0 Å². The number of nitrogens with two attached hydrogens (primary N) is 1. The first-order valence-corrected chi connectivity index (χ1v) is 21.7. The first-order chi connectivity index (χ1) is 25.0. The van der Waals surface area contributed by atoms with Crippen LogP contribution in [0.4, 0.5) is 5.82 Å². The molecule has 2 heterocycles. The van der Waals surface area contributed by atoms with Crippen molar-refractivity contribution >= 4 is 55.8 Å². The van der Waals surface area contributed by atoms with E-state index in [0.29, 0.717) is 11.3 Å². The topological polar surface area (TPSA) is 88.1 Å². The van der Waals surface area contributed by atoms with Crippen LogP contribution in [-0.4, -0.2) is 49.8 Å². The Kier molecular flexibility index (Phi) is 10.3. The zero-order valence-electron chi connectivity index (χ0n) is 31.1. The summed E-state index contributed by atoms with van der Waals surface area (Å²) in [5.41, 5.74) is 7.39. The van der Waals surface area contributed by atoms with Crippen molar-refractivity contribution in [2.24, 2.45) is 22.7 Å². The first-order valence-electron chi connectivity index (χ1n) is 18.4. The van der Waals surface area contributed by atoms with Crippen LogP contribution in [0.3, 0.4) is 0 Å². The van der Waals surface area contributed by atoms with Gasteiger partial charge in [0.2, 0.25) is 18.1 Å². The lowest BCUT2D eigenvalue weighted by Crippen LogP contribution is -2.62. The van der Waals surface area contributed by atoms with Gasteiger partial charge in [-0.25, -0.2) is 15.0 Å². The van der Waals surface area contributed by atoms with Crippen LogP contribution in [0.15, 0.2) is 134 Å². The van der Waals surface area contributed by atoms with Crippen LogP contribution in [0.5, 0.6) is 0 Å². The molecule has 0 aliphatic heterocycles. The van der Waals surface area contributed by atoms with Crippen molar-refractivity contribution in [1.29, 1.82) is 0 Å². The minimum atomic E-state index is -2.14. The van der Waals surface area contributed by atoms with Crippen LogP contribution in [0.1, 0.15) is 54.0 Å². The highest BCUT2D eigenvalue weighted by atomic mass is 28.3. The van der Waals surface area contributed by atoms with E-state index in [1.54, 1.807) is 6.33 Å². The number of aromatic nitrogens is 4. The highest BCUT2D eigenvalue weighted by Crippen LogP contribution is 2.56. The second-order valence-electron chi connectivity index (χ2n) is 16.4. The molecular formula is C43H51N5O2Si2. The predicted octanol–water partition coefficient (Wildman–Crippen LogP) is 5.52. The maximum Gasteiger partial charge on any atom is 0.240 e. The molecule has 1 aliphatic rings. The number of benzene rings is 4. The molecule has 1 fully saturated rings. The average molecular weight is 726 g/mol. The van der Waals surface area contributed by atoms with Gasteiger partial charge in [0.25, 0.3) is 0 Å². The zero-order chi connectivity index (χ0) is 36.5. The van der Waals surface area contributed by atoms with E-state index < -0.39 is 18.1 Å². The fourth-order valence-corrected chi connectivity index (χ4v) is 13.6. The summed E-state index contributed by atoms with van der Waals surface area (Å²) in [6.45, 7) is 14.0. The molecule has 5 atom stereocenters. The molecule has 7 nitrogen and oxygen atoms in total. The quantitative estimate of drug-likeness (QED) is 0.177. The molecule has 52 heavy (non-hydrogen) atoms. The Hall–Kier alpha value is -4.42. The molecule has 4 aromatic carbocycles. The van der Waals surface area contributed by atoms with Gasteiger partial charge in [-0.3, -0.25) is 0 Å². The number of hydrogen-bond acceptors (Lipinski definition) is 6. The molecule has 0 bridgehead atoms. The molecule has 2 aromatic heterocycles. The van der Waals surface area contributed by atoms with Gasteiger partial charge in [0.1, 0.15) is 11.8 Å². The molecule has 6 aromatic rings. The van der Waals surface area contributed by atoms with Gasteiger partial charge in [0.05, 0.1) is 18.5 Å². The predicted molar refractivity (Wildman–Crippen MR) is 218 cm³/mol. The molecule has 2 N–H and O–H groups in total. The van der Waals surface area contributed by atoms with Crippen molar-refractivity contribution in [3.05, 3.63) is 134 Å². The van der Waals surface area contributed by atoms with E-state index in [1.807, 2.05) is 6.33 Å². The van der Waals surface area contributed by atoms with E-state index in [4.69, 9.17) is 24.6 Å². The molecule has 1 saturated carbocycles. The van der Waals surface area contributed by atoms with Gasteiger partial charge in [-0.05, 0) is 43.9 Å². The lowest BCUT2D eigenvalue weighted by Gasteiger charge is -2.57. The number of anilines is 1.